The van der Waals surface area contributed by atoms with Crippen LogP contribution in [0.15, 0.2) is 18.3 Å². The summed E-state index contributed by atoms with van der Waals surface area (Å²) in [6, 6.07) is 4.27. The molecule has 64 valence electrons. The summed E-state index contributed by atoms with van der Waals surface area (Å²) in [4.78, 5) is 4.33. The van der Waals surface area contributed by atoms with Gasteiger partial charge in [0.15, 0.2) is 0 Å². The van der Waals surface area contributed by atoms with Crippen molar-refractivity contribution in [1.82, 2.24) is 4.98 Å². The Morgan fingerprint density at radius 1 is 1.58 bits per heavy atom. The minimum absolute atomic E-state index is 0.130. The van der Waals surface area contributed by atoms with Gasteiger partial charge in [-0.1, -0.05) is 0 Å². The molecule has 1 atom stereocenters. The second-order valence-corrected chi connectivity index (χ2v) is 3.58. The van der Waals surface area contributed by atoms with Crippen LogP contribution in [0.25, 0.3) is 0 Å². The zero-order valence-corrected chi connectivity index (χ0v) is 7.33. The first kappa shape index (κ1) is 7.74. The van der Waals surface area contributed by atoms with Gasteiger partial charge in [0.1, 0.15) is 0 Å². The summed E-state index contributed by atoms with van der Waals surface area (Å²) in [6.07, 6.45) is 4.47. The van der Waals surface area contributed by atoms with Gasteiger partial charge in [0.2, 0.25) is 0 Å². The van der Waals surface area contributed by atoms with Gasteiger partial charge in [-0.3, -0.25) is 4.98 Å². The summed E-state index contributed by atoms with van der Waals surface area (Å²) in [5, 5.41) is 0. The molecule has 1 aromatic rings. The van der Waals surface area contributed by atoms with Crippen LogP contribution in [-0.2, 0) is 0 Å². The van der Waals surface area contributed by atoms with Crippen LogP contribution in [-0.4, -0.2) is 4.98 Å². The van der Waals surface area contributed by atoms with Gasteiger partial charge in [0.25, 0.3) is 0 Å². The second kappa shape index (κ2) is 2.87. The molecule has 0 amide bonds. The quantitative estimate of drug-likeness (QED) is 0.722. The van der Waals surface area contributed by atoms with E-state index in [2.05, 4.69) is 11.1 Å². The predicted molar refractivity (Wildman–Crippen MR) is 48.8 cm³/mol. The maximum atomic E-state index is 5.78. The molecule has 0 saturated heterocycles. The van der Waals surface area contributed by atoms with E-state index < -0.39 is 0 Å². The van der Waals surface area contributed by atoms with Crippen molar-refractivity contribution in [2.24, 2.45) is 5.73 Å². The third-order valence-electron chi connectivity index (χ3n) is 2.33. The van der Waals surface area contributed by atoms with Crippen molar-refractivity contribution < 1.29 is 0 Å². The van der Waals surface area contributed by atoms with E-state index in [4.69, 9.17) is 5.73 Å². The van der Waals surface area contributed by atoms with E-state index in [9.17, 15) is 0 Å². The standard InChI is InChI=1S/C10H14N2/c1-7(11)9-4-5-12-10(6-9)8-2-3-8/h4-8H,2-3,11H2,1H3. The number of rotatable bonds is 2. The monoisotopic (exact) mass is 162 g/mol. The molecule has 1 heterocycles. The number of aromatic nitrogens is 1. The summed E-state index contributed by atoms with van der Waals surface area (Å²) in [5.74, 6) is 0.726. The van der Waals surface area contributed by atoms with Crippen molar-refractivity contribution >= 4 is 0 Å². The minimum atomic E-state index is 0.130. The highest BCUT2D eigenvalue weighted by atomic mass is 14.7. The molecule has 1 fully saturated rings. The smallest absolute Gasteiger partial charge is 0.0437 e. The molecule has 0 bridgehead atoms. The highest BCUT2D eigenvalue weighted by Gasteiger charge is 2.24. The van der Waals surface area contributed by atoms with Crippen LogP contribution in [0.2, 0.25) is 0 Å². The molecule has 12 heavy (non-hydrogen) atoms. The van der Waals surface area contributed by atoms with Gasteiger partial charge in [-0.05, 0) is 37.5 Å². The molecule has 0 spiro atoms. The third-order valence-corrected chi connectivity index (χ3v) is 2.33. The van der Waals surface area contributed by atoms with Gasteiger partial charge in [-0.15, -0.1) is 0 Å². The maximum absolute atomic E-state index is 5.78. The lowest BCUT2D eigenvalue weighted by atomic mass is 10.1. The van der Waals surface area contributed by atoms with Gasteiger partial charge in [-0.25, -0.2) is 0 Å². The van der Waals surface area contributed by atoms with Crippen molar-refractivity contribution in [3.05, 3.63) is 29.6 Å². The first-order chi connectivity index (χ1) is 5.77. The molecule has 0 aliphatic heterocycles. The first-order valence-electron chi connectivity index (χ1n) is 4.49. The minimum Gasteiger partial charge on any atom is -0.324 e. The molecule has 2 rings (SSSR count). The van der Waals surface area contributed by atoms with Crippen LogP contribution in [0.1, 0.15) is 43.0 Å². The van der Waals surface area contributed by atoms with E-state index in [1.165, 1.54) is 24.1 Å². The molecule has 1 aromatic heterocycles. The maximum Gasteiger partial charge on any atom is 0.0437 e. The fourth-order valence-electron chi connectivity index (χ4n) is 1.35. The molecule has 1 aliphatic carbocycles. The van der Waals surface area contributed by atoms with E-state index in [1.54, 1.807) is 0 Å². The van der Waals surface area contributed by atoms with Gasteiger partial charge >= 0.3 is 0 Å². The van der Waals surface area contributed by atoms with Crippen LogP contribution in [0.5, 0.6) is 0 Å². The molecule has 1 aliphatic rings. The largest absolute Gasteiger partial charge is 0.324 e. The molecular formula is C10H14N2. The average molecular weight is 162 g/mol. The Labute approximate surface area is 72.8 Å². The Kier molecular flexibility index (Phi) is 1.85. The molecule has 1 saturated carbocycles. The Balaban J connectivity index is 2.26. The molecule has 2 nitrogen and oxygen atoms in total. The van der Waals surface area contributed by atoms with Crippen molar-refractivity contribution in [3.63, 3.8) is 0 Å². The fraction of sp³-hybridized carbons (Fsp3) is 0.500. The normalized spacial score (nSPS) is 19.2. The Morgan fingerprint density at radius 3 is 2.92 bits per heavy atom. The van der Waals surface area contributed by atoms with E-state index in [1.807, 2.05) is 19.2 Å². The summed E-state index contributed by atoms with van der Waals surface area (Å²) < 4.78 is 0. The van der Waals surface area contributed by atoms with Gasteiger partial charge in [-0.2, -0.15) is 0 Å². The topological polar surface area (TPSA) is 38.9 Å². The average Bonchev–Trinajstić information content (AvgIpc) is 2.87. The van der Waals surface area contributed by atoms with Crippen molar-refractivity contribution in [2.75, 3.05) is 0 Å². The Bertz CT molecular complexity index is 260. The first-order valence-corrected chi connectivity index (χ1v) is 4.49. The number of hydrogen-bond acceptors (Lipinski definition) is 2. The summed E-state index contributed by atoms with van der Waals surface area (Å²) in [6.45, 7) is 2.01. The zero-order chi connectivity index (χ0) is 8.55. The second-order valence-electron chi connectivity index (χ2n) is 3.58. The van der Waals surface area contributed by atoms with E-state index in [-0.39, 0.29) is 6.04 Å². The van der Waals surface area contributed by atoms with Gasteiger partial charge in [0, 0.05) is 23.9 Å². The summed E-state index contributed by atoms with van der Waals surface area (Å²) in [7, 11) is 0. The highest BCUT2D eigenvalue weighted by Crippen LogP contribution is 2.39. The van der Waals surface area contributed by atoms with Crippen LogP contribution in [0.3, 0.4) is 0 Å². The fourth-order valence-corrected chi connectivity index (χ4v) is 1.35. The SMILES string of the molecule is CC(N)c1ccnc(C2CC2)c1. The molecular weight excluding hydrogens is 148 g/mol. The zero-order valence-electron chi connectivity index (χ0n) is 7.33. The van der Waals surface area contributed by atoms with Crippen LogP contribution < -0.4 is 5.73 Å². The lowest BCUT2D eigenvalue weighted by Crippen LogP contribution is -2.05. The lowest BCUT2D eigenvalue weighted by molar-refractivity contribution is 0.809. The molecule has 0 radical (unpaired) electrons. The van der Waals surface area contributed by atoms with Gasteiger partial charge in [0.05, 0.1) is 0 Å². The van der Waals surface area contributed by atoms with E-state index in [0.717, 1.165) is 5.92 Å². The third kappa shape index (κ3) is 1.48. The van der Waals surface area contributed by atoms with Crippen LogP contribution in [0.4, 0.5) is 0 Å². The molecule has 0 aromatic carbocycles. The number of nitrogens with zero attached hydrogens (tertiary/aromatic N) is 1. The Hall–Kier alpha value is -0.890. The van der Waals surface area contributed by atoms with Crippen molar-refractivity contribution in [2.45, 2.75) is 31.7 Å². The van der Waals surface area contributed by atoms with Crippen LogP contribution in [0, 0.1) is 0 Å². The molecule has 1 unspecified atom stereocenters. The highest BCUT2D eigenvalue weighted by molar-refractivity contribution is 5.23. The van der Waals surface area contributed by atoms with E-state index in [0.29, 0.717) is 0 Å². The summed E-state index contributed by atoms with van der Waals surface area (Å²) in [5.41, 5.74) is 8.20. The number of nitrogens with two attached hydrogens (primary N) is 1. The van der Waals surface area contributed by atoms with Crippen molar-refractivity contribution in [3.8, 4) is 0 Å². The predicted octanol–water partition coefficient (Wildman–Crippen LogP) is 1.98. The lowest BCUT2D eigenvalue weighted by Gasteiger charge is -2.06. The van der Waals surface area contributed by atoms with Crippen LogP contribution >= 0.6 is 0 Å². The molecule has 2 N–H and O–H groups in total. The summed E-state index contributed by atoms with van der Waals surface area (Å²) >= 11 is 0. The number of hydrogen-bond donors (Lipinski definition) is 1. The molecule has 2 heteroatoms. The van der Waals surface area contributed by atoms with E-state index >= 15 is 0 Å². The Morgan fingerprint density at radius 2 is 2.33 bits per heavy atom. The van der Waals surface area contributed by atoms with Gasteiger partial charge < -0.3 is 5.73 Å². The number of pyridine rings is 1. The van der Waals surface area contributed by atoms with Crippen molar-refractivity contribution in [1.29, 1.82) is 0 Å².